The first-order valence-corrected chi connectivity index (χ1v) is 6.03. The second-order valence-corrected chi connectivity index (χ2v) is 4.34. The fraction of sp³-hybridized carbons (Fsp3) is 0.385. The minimum Gasteiger partial charge on any atom is -0.478 e. The lowest BCUT2D eigenvalue weighted by molar-refractivity contribution is -0.130. The molecule has 1 amide bonds. The molecule has 2 rings (SSSR count). The molecule has 1 unspecified atom stereocenters. The van der Waals surface area contributed by atoms with E-state index >= 15 is 0 Å². The third-order valence-electron chi connectivity index (χ3n) is 2.94. The normalized spacial score (nSPS) is 18.9. The highest BCUT2D eigenvalue weighted by Crippen LogP contribution is 2.19. The maximum Gasteiger partial charge on any atom is 0.335 e. The summed E-state index contributed by atoms with van der Waals surface area (Å²) in [6, 6.07) is 3.25. The average Bonchev–Trinajstić information content (AvgIpc) is 2.42. The van der Waals surface area contributed by atoms with Gasteiger partial charge in [0.15, 0.2) is 0 Å². The van der Waals surface area contributed by atoms with Gasteiger partial charge in [-0.1, -0.05) is 0 Å². The number of ether oxygens (including phenoxy) is 1. The van der Waals surface area contributed by atoms with Gasteiger partial charge in [-0.3, -0.25) is 4.79 Å². The molecule has 0 saturated carbocycles. The summed E-state index contributed by atoms with van der Waals surface area (Å²) in [4.78, 5) is 22.6. The molecule has 0 spiro atoms. The Morgan fingerprint density at radius 1 is 1.37 bits per heavy atom. The number of hydrogen-bond acceptors (Lipinski definition) is 3. The highest BCUT2D eigenvalue weighted by Gasteiger charge is 2.23. The minimum atomic E-state index is -1.18. The summed E-state index contributed by atoms with van der Waals surface area (Å²) in [5.74, 6) is -2.29. The van der Waals surface area contributed by atoms with Crippen molar-refractivity contribution < 1.29 is 23.8 Å². The average molecular weight is 267 g/mol. The van der Waals surface area contributed by atoms with Gasteiger partial charge in [-0.25, -0.2) is 9.18 Å². The summed E-state index contributed by atoms with van der Waals surface area (Å²) in [5, 5.41) is 11.2. The number of amides is 1. The molecule has 1 aromatic carbocycles. The van der Waals surface area contributed by atoms with Gasteiger partial charge in [-0.05, 0) is 37.5 Å². The Balaban J connectivity index is 2.11. The zero-order valence-electron chi connectivity index (χ0n) is 10.2. The summed E-state index contributed by atoms with van der Waals surface area (Å²) < 4.78 is 18.8. The molecule has 1 fully saturated rings. The van der Waals surface area contributed by atoms with Crippen LogP contribution in [-0.2, 0) is 9.53 Å². The molecule has 102 valence electrons. The predicted octanol–water partition coefficient (Wildman–Crippen LogP) is 2.03. The zero-order chi connectivity index (χ0) is 13.8. The van der Waals surface area contributed by atoms with Crippen LogP contribution in [0.3, 0.4) is 0 Å². The number of carboxylic acids is 1. The molecule has 0 radical (unpaired) electrons. The van der Waals surface area contributed by atoms with Crippen LogP contribution in [0.4, 0.5) is 10.1 Å². The SMILES string of the molecule is O=C(O)c1ccc(F)c(NC(=O)C2CCCCO2)c1. The van der Waals surface area contributed by atoms with E-state index in [-0.39, 0.29) is 11.3 Å². The van der Waals surface area contributed by atoms with Crippen LogP contribution in [0.5, 0.6) is 0 Å². The summed E-state index contributed by atoms with van der Waals surface area (Å²) in [6.45, 7) is 0.510. The van der Waals surface area contributed by atoms with Crippen LogP contribution in [0, 0.1) is 5.82 Å². The van der Waals surface area contributed by atoms with Crippen molar-refractivity contribution in [3.8, 4) is 0 Å². The van der Waals surface area contributed by atoms with Gasteiger partial charge in [0.1, 0.15) is 11.9 Å². The van der Waals surface area contributed by atoms with Gasteiger partial charge in [0, 0.05) is 6.61 Å². The number of aromatic carboxylic acids is 1. The van der Waals surface area contributed by atoms with E-state index in [1.54, 1.807) is 0 Å². The third kappa shape index (κ3) is 3.29. The van der Waals surface area contributed by atoms with Gasteiger partial charge >= 0.3 is 5.97 Å². The Hall–Kier alpha value is -1.95. The first-order valence-electron chi connectivity index (χ1n) is 6.03. The number of halogens is 1. The van der Waals surface area contributed by atoms with E-state index in [2.05, 4.69) is 5.32 Å². The fourth-order valence-corrected chi connectivity index (χ4v) is 1.91. The van der Waals surface area contributed by atoms with E-state index in [1.165, 1.54) is 0 Å². The summed E-state index contributed by atoms with van der Waals surface area (Å²) in [6.07, 6.45) is 1.79. The van der Waals surface area contributed by atoms with Crippen molar-refractivity contribution in [1.29, 1.82) is 0 Å². The van der Waals surface area contributed by atoms with Crippen LogP contribution < -0.4 is 5.32 Å². The molecule has 1 heterocycles. The van der Waals surface area contributed by atoms with Gasteiger partial charge in [0.25, 0.3) is 5.91 Å². The number of carboxylic acid groups (broad SMARTS) is 1. The molecular formula is C13H14FNO4. The summed E-state index contributed by atoms with van der Waals surface area (Å²) >= 11 is 0. The molecule has 1 atom stereocenters. The molecule has 1 saturated heterocycles. The molecule has 0 bridgehead atoms. The van der Waals surface area contributed by atoms with Crippen LogP contribution in [0.2, 0.25) is 0 Å². The van der Waals surface area contributed by atoms with Crippen molar-refractivity contribution in [2.75, 3.05) is 11.9 Å². The second kappa shape index (κ2) is 5.79. The Bertz CT molecular complexity index is 497. The summed E-state index contributed by atoms with van der Waals surface area (Å²) in [5.41, 5.74) is -0.222. The number of nitrogens with one attached hydrogen (secondary N) is 1. The fourth-order valence-electron chi connectivity index (χ4n) is 1.91. The first-order chi connectivity index (χ1) is 9.08. The lowest BCUT2D eigenvalue weighted by atomic mass is 10.1. The predicted molar refractivity (Wildman–Crippen MR) is 65.6 cm³/mol. The molecule has 6 heteroatoms. The van der Waals surface area contributed by atoms with Crippen molar-refractivity contribution in [3.63, 3.8) is 0 Å². The van der Waals surface area contributed by atoms with Crippen molar-refractivity contribution in [1.82, 2.24) is 0 Å². The van der Waals surface area contributed by atoms with E-state index < -0.39 is 23.8 Å². The molecule has 1 aliphatic rings. The molecular weight excluding hydrogens is 253 g/mol. The van der Waals surface area contributed by atoms with Gasteiger partial charge in [-0.15, -0.1) is 0 Å². The molecule has 1 aromatic rings. The van der Waals surface area contributed by atoms with Gasteiger partial charge in [-0.2, -0.15) is 0 Å². The molecule has 2 N–H and O–H groups in total. The Morgan fingerprint density at radius 3 is 2.79 bits per heavy atom. The highest BCUT2D eigenvalue weighted by atomic mass is 19.1. The molecule has 0 aromatic heterocycles. The van der Waals surface area contributed by atoms with Crippen LogP contribution in [-0.4, -0.2) is 29.7 Å². The Morgan fingerprint density at radius 2 is 2.16 bits per heavy atom. The maximum atomic E-state index is 13.5. The summed E-state index contributed by atoms with van der Waals surface area (Å²) in [7, 11) is 0. The van der Waals surface area contributed by atoms with E-state index in [0.29, 0.717) is 13.0 Å². The van der Waals surface area contributed by atoms with Crippen LogP contribution in [0.1, 0.15) is 29.6 Å². The second-order valence-electron chi connectivity index (χ2n) is 4.34. The molecule has 0 aliphatic carbocycles. The largest absolute Gasteiger partial charge is 0.478 e. The zero-order valence-corrected chi connectivity index (χ0v) is 10.2. The van der Waals surface area contributed by atoms with Gasteiger partial charge in [0.2, 0.25) is 0 Å². The number of hydrogen-bond donors (Lipinski definition) is 2. The number of benzene rings is 1. The van der Waals surface area contributed by atoms with Crippen molar-refractivity contribution in [2.45, 2.75) is 25.4 Å². The van der Waals surface area contributed by atoms with Crippen LogP contribution >= 0.6 is 0 Å². The Kier molecular flexibility index (Phi) is 4.11. The van der Waals surface area contributed by atoms with Crippen molar-refractivity contribution in [3.05, 3.63) is 29.6 Å². The molecule has 19 heavy (non-hydrogen) atoms. The van der Waals surface area contributed by atoms with E-state index in [0.717, 1.165) is 31.0 Å². The third-order valence-corrected chi connectivity index (χ3v) is 2.94. The standard InChI is InChI=1S/C13H14FNO4/c14-9-5-4-8(13(17)18)7-10(9)15-12(16)11-3-1-2-6-19-11/h4-5,7,11H,1-3,6H2,(H,15,16)(H,17,18). The monoisotopic (exact) mass is 267 g/mol. The number of rotatable bonds is 3. The van der Waals surface area contributed by atoms with Gasteiger partial charge < -0.3 is 15.2 Å². The van der Waals surface area contributed by atoms with Crippen LogP contribution in [0.25, 0.3) is 0 Å². The van der Waals surface area contributed by atoms with E-state index in [4.69, 9.17) is 9.84 Å². The van der Waals surface area contributed by atoms with Crippen molar-refractivity contribution in [2.24, 2.45) is 0 Å². The lowest BCUT2D eigenvalue weighted by Gasteiger charge is -2.21. The van der Waals surface area contributed by atoms with E-state index in [1.807, 2.05) is 0 Å². The smallest absolute Gasteiger partial charge is 0.335 e. The quantitative estimate of drug-likeness (QED) is 0.878. The lowest BCUT2D eigenvalue weighted by Crippen LogP contribution is -2.33. The Labute approximate surface area is 109 Å². The van der Waals surface area contributed by atoms with E-state index in [9.17, 15) is 14.0 Å². The first kappa shape index (κ1) is 13.5. The molecule has 1 aliphatic heterocycles. The minimum absolute atomic E-state index is 0.0822. The topological polar surface area (TPSA) is 75.6 Å². The van der Waals surface area contributed by atoms with Crippen molar-refractivity contribution >= 4 is 17.6 Å². The number of carbonyl (C=O) groups is 2. The number of anilines is 1. The van der Waals surface area contributed by atoms with Crippen LogP contribution in [0.15, 0.2) is 18.2 Å². The van der Waals surface area contributed by atoms with Gasteiger partial charge in [0.05, 0.1) is 11.3 Å². The highest BCUT2D eigenvalue weighted by molar-refractivity contribution is 5.96. The molecule has 5 nitrogen and oxygen atoms in total. The number of carbonyl (C=O) groups excluding carboxylic acids is 1. The maximum absolute atomic E-state index is 13.5.